The molecule has 0 spiro atoms. The summed E-state index contributed by atoms with van der Waals surface area (Å²) in [6.07, 6.45) is 3.64. The van der Waals surface area contributed by atoms with Crippen molar-refractivity contribution in [2.45, 2.75) is 0 Å². The summed E-state index contributed by atoms with van der Waals surface area (Å²) in [7, 11) is 1.92. The van der Waals surface area contributed by atoms with Gasteiger partial charge in [0.15, 0.2) is 0 Å². The van der Waals surface area contributed by atoms with Gasteiger partial charge in [-0.3, -0.25) is 4.68 Å². The second-order valence-corrected chi connectivity index (χ2v) is 5.47. The fraction of sp³-hybridized carbons (Fsp3) is 0.417. The van der Waals surface area contributed by atoms with Crippen LogP contribution in [0.1, 0.15) is 0 Å². The van der Waals surface area contributed by atoms with Crippen molar-refractivity contribution in [2.75, 3.05) is 31.2 Å². The molecule has 2 aromatic rings. The topological polar surface area (TPSA) is 56.1 Å². The van der Waals surface area contributed by atoms with E-state index in [4.69, 9.17) is 4.74 Å². The van der Waals surface area contributed by atoms with Crippen LogP contribution >= 0.6 is 22.6 Å². The van der Waals surface area contributed by atoms with Crippen LogP contribution in [0.4, 0.5) is 5.95 Å². The molecule has 100 valence electrons. The van der Waals surface area contributed by atoms with Crippen LogP contribution in [0.2, 0.25) is 0 Å². The van der Waals surface area contributed by atoms with Crippen LogP contribution in [-0.2, 0) is 11.8 Å². The molecule has 0 N–H and O–H groups in total. The second kappa shape index (κ2) is 5.41. The molecule has 3 rings (SSSR count). The number of rotatable bonds is 2. The summed E-state index contributed by atoms with van der Waals surface area (Å²) in [5.41, 5.74) is 1.93. The summed E-state index contributed by atoms with van der Waals surface area (Å²) in [5.74, 6) is 0.762. The van der Waals surface area contributed by atoms with Gasteiger partial charge in [0.1, 0.15) is 0 Å². The Hall–Kier alpha value is -1.22. The summed E-state index contributed by atoms with van der Waals surface area (Å²) in [4.78, 5) is 11.2. The molecule has 1 aliphatic heterocycles. The van der Waals surface area contributed by atoms with Crippen LogP contribution in [0, 0.1) is 3.57 Å². The maximum Gasteiger partial charge on any atom is 0.226 e. The number of morpholine rings is 1. The van der Waals surface area contributed by atoms with Crippen LogP contribution in [0.3, 0.4) is 0 Å². The minimum absolute atomic E-state index is 0.733. The Balaban J connectivity index is 1.95. The Bertz CT molecular complexity index is 560. The van der Waals surface area contributed by atoms with E-state index < -0.39 is 0 Å². The molecule has 19 heavy (non-hydrogen) atoms. The Labute approximate surface area is 124 Å². The molecule has 0 unspecified atom stereocenters. The highest BCUT2D eigenvalue weighted by molar-refractivity contribution is 14.1. The third-order valence-corrected chi connectivity index (χ3v) is 3.86. The van der Waals surface area contributed by atoms with Crippen LogP contribution in [0.15, 0.2) is 18.5 Å². The highest BCUT2D eigenvalue weighted by Crippen LogP contribution is 2.23. The summed E-state index contributed by atoms with van der Waals surface area (Å²) in [6, 6.07) is 1.92. The van der Waals surface area contributed by atoms with Crippen LogP contribution in [0.5, 0.6) is 0 Å². The van der Waals surface area contributed by atoms with Crippen LogP contribution < -0.4 is 4.90 Å². The lowest BCUT2D eigenvalue weighted by molar-refractivity contribution is 0.122. The van der Waals surface area contributed by atoms with Gasteiger partial charge in [0.2, 0.25) is 5.95 Å². The van der Waals surface area contributed by atoms with Gasteiger partial charge >= 0.3 is 0 Å². The van der Waals surface area contributed by atoms with Gasteiger partial charge in [-0.1, -0.05) is 0 Å². The lowest BCUT2D eigenvalue weighted by Crippen LogP contribution is -2.37. The predicted octanol–water partition coefficient (Wildman–Crippen LogP) is 1.32. The van der Waals surface area contributed by atoms with Crippen molar-refractivity contribution in [1.29, 1.82) is 0 Å². The lowest BCUT2D eigenvalue weighted by Gasteiger charge is -2.26. The van der Waals surface area contributed by atoms with Gasteiger partial charge in [-0.15, -0.1) is 0 Å². The first kappa shape index (κ1) is 12.8. The minimum atomic E-state index is 0.733. The zero-order valence-electron chi connectivity index (χ0n) is 10.6. The molecule has 0 aromatic carbocycles. The number of aromatic nitrogens is 4. The highest BCUT2D eigenvalue weighted by atomic mass is 127. The van der Waals surface area contributed by atoms with Crippen LogP contribution in [-0.4, -0.2) is 46.1 Å². The standard InChI is InChI=1S/C12H14IN5O/c1-17-11(9(13)8-15-17)10-2-3-14-12(16-10)18-4-6-19-7-5-18/h2-3,8H,4-7H2,1H3. The van der Waals surface area contributed by atoms with Crippen molar-refractivity contribution in [1.82, 2.24) is 19.7 Å². The predicted molar refractivity (Wildman–Crippen MR) is 80.0 cm³/mol. The maximum absolute atomic E-state index is 5.35. The van der Waals surface area contributed by atoms with E-state index in [1.54, 1.807) is 6.20 Å². The van der Waals surface area contributed by atoms with Crippen molar-refractivity contribution in [2.24, 2.45) is 7.05 Å². The molecule has 0 saturated carbocycles. The molecule has 7 heteroatoms. The van der Waals surface area contributed by atoms with Gasteiger partial charge in [0.25, 0.3) is 0 Å². The summed E-state index contributed by atoms with van der Waals surface area (Å²) in [5, 5.41) is 4.25. The van der Waals surface area contributed by atoms with Crippen molar-refractivity contribution < 1.29 is 4.74 Å². The number of hydrogen-bond acceptors (Lipinski definition) is 5. The molecular weight excluding hydrogens is 357 g/mol. The minimum Gasteiger partial charge on any atom is -0.378 e. The van der Waals surface area contributed by atoms with Gasteiger partial charge in [-0.25, -0.2) is 9.97 Å². The van der Waals surface area contributed by atoms with Gasteiger partial charge < -0.3 is 9.64 Å². The van der Waals surface area contributed by atoms with E-state index >= 15 is 0 Å². The average Bonchev–Trinajstić information content (AvgIpc) is 2.79. The molecule has 3 heterocycles. The quantitative estimate of drug-likeness (QED) is 0.746. The fourth-order valence-corrected chi connectivity index (χ4v) is 2.84. The Morgan fingerprint density at radius 1 is 1.32 bits per heavy atom. The molecule has 0 aliphatic carbocycles. The molecular formula is C12H14IN5O. The largest absolute Gasteiger partial charge is 0.378 e. The third-order valence-electron chi connectivity index (χ3n) is 3.07. The van der Waals surface area contributed by atoms with E-state index in [1.165, 1.54) is 0 Å². The zero-order chi connectivity index (χ0) is 13.2. The highest BCUT2D eigenvalue weighted by Gasteiger charge is 2.16. The number of anilines is 1. The van der Waals surface area contributed by atoms with E-state index in [0.29, 0.717) is 0 Å². The van der Waals surface area contributed by atoms with Crippen molar-refractivity contribution >= 4 is 28.5 Å². The Morgan fingerprint density at radius 3 is 2.79 bits per heavy atom. The van der Waals surface area contributed by atoms with Crippen LogP contribution in [0.25, 0.3) is 11.4 Å². The smallest absolute Gasteiger partial charge is 0.226 e. The van der Waals surface area contributed by atoms with Crippen molar-refractivity contribution in [3.63, 3.8) is 0 Å². The molecule has 6 nitrogen and oxygen atoms in total. The molecule has 0 atom stereocenters. The monoisotopic (exact) mass is 371 g/mol. The zero-order valence-corrected chi connectivity index (χ0v) is 12.7. The van der Waals surface area contributed by atoms with Gasteiger partial charge in [-0.05, 0) is 28.7 Å². The van der Waals surface area contributed by atoms with E-state index in [-0.39, 0.29) is 0 Å². The number of nitrogens with zero attached hydrogens (tertiary/aromatic N) is 5. The third kappa shape index (κ3) is 2.57. The second-order valence-electron chi connectivity index (χ2n) is 4.31. The SMILES string of the molecule is Cn1ncc(I)c1-c1ccnc(N2CCOCC2)n1. The molecule has 1 fully saturated rings. The van der Waals surface area contributed by atoms with E-state index in [9.17, 15) is 0 Å². The first-order valence-corrected chi connectivity index (χ1v) is 7.17. The lowest BCUT2D eigenvalue weighted by atomic mass is 10.3. The normalized spacial score (nSPS) is 15.8. The first-order chi connectivity index (χ1) is 9.25. The van der Waals surface area contributed by atoms with E-state index in [1.807, 2.05) is 24.0 Å². The van der Waals surface area contributed by atoms with Crippen molar-refractivity contribution in [3.05, 3.63) is 22.0 Å². The fourth-order valence-electron chi connectivity index (χ4n) is 2.09. The van der Waals surface area contributed by atoms with Crippen molar-refractivity contribution in [3.8, 4) is 11.4 Å². The summed E-state index contributed by atoms with van der Waals surface area (Å²) < 4.78 is 8.28. The Morgan fingerprint density at radius 2 is 2.11 bits per heavy atom. The Kier molecular flexibility index (Phi) is 3.65. The average molecular weight is 371 g/mol. The molecule has 2 aromatic heterocycles. The summed E-state index contributed by atoms with van der Waals surface area (Å²) in [6.45, 7) is 3.14. The maximum atomic E-state index is 5.35. The van der Waals surface area contributed by atoms with E-state index in [2.05, 4.69) is 42.6 Å². The molecule has 0 radical (unpaired) electrons. The molecule has 1 saturated heterocycles. The van der Waals surface area contributed by atoms with Gasteiger partial charge in [0.05, 0.1) is 34.4 Å². The van der Waals surface area contributed by atoms with Gasteiger partial charge in [0, 0.05) is 26.3 Å². The molecule has 1 aliphatic rings. The number of ether oxygens (including phenoxy) is 1. The number of hydrogen-bond donors (Lipinski definition) is 0. The number of halogens is 1. The number of aryl methyl sites for hydroxylation is 1. The summed E-state index contributed by atoms with van der Waals surface area (Å²) >= 11 is 2.27. The molecule has 0 bridgehead atoms. The molecule has 0 amide bonds. The first-order valence-electron chi connectivity index (χ1n) is 6.09. The van der Waals surface area contributed by atoms with E-state index in [0.717, 1.165) is 47.2 Å². The van der Waals surface area contributed by atoms with Gasteiger partial charge in [-0.2, -0.15) is 5.10 Å².